The normalized spacial score (nSPS) is 17.7. The van der Waals surface area contributed by atoms with Crippen LogP contribution in [0.2, 0.25) is 0 Å². The first kappa shape index (κ1) is 29.2. The van der Waals surface area contributed by atoms with Gasteiger partial charge in [0.2, 0.25) is 0 Å². The third-order valence-electron chi connectivity index (χ3n) is 7.98. The van der Waals surface area contributed by atoms with E-state index >= 15 is 0 Å². The molecule has 5 rings (SSSR count). The molecule has 42 heavy (non-hydrogen) atoms. The van der Waals surface area contributed by atoms with Crippen LogP contribution in [0, 0.1) is 6.92 Å². The lowest BCUT2D eigenvalue weighted by Gasteiger charge is -2.47. The van der Waals surface area contributed by atoms with Gasteiger partial charge < -0.3 is 10.1 Å². The minimum atomic E-state index is -1.73. The van der Waals surface area contributed by atoms with E-state index in [1.54, 1.807) is 29.2 Å². The van der Waals surface area contributed by atoms with Crippen molar-refractivity contribution >= 4 is 34.7 Å². The van der Waals surface area contributed by atoms with Crippen LogP contribution in [0.4, 0.5) is 4.79 Å². The highest BCUT2D eigenvalue weighted by Gasteiger charge is 2.55. The first-order chi connectivity index (χ1) is 20.2. The van der Waals surface area contributed by atoms with Gasteiger partial charge in [-0.3, -0.25) is 39.8 Å². The second kappa shape index (κ2) is 12.3. The SMILES string of the molecule is Cc1cc(CCOc2ccc(C(=O)NCC3(N4CCN(C(C)C)CC4)C(=O)NC(=O)NC3=O)cc2)c2ccccc2n1. The summed E-state index contributed by atoms with van der Waals surface area (Å²) in [6.45, 7) is 8.50. The van der Waals surface area contributed by atoms with E-state index in [4.69, 9.17) is 4.74 Å². The Balaban J connectivity index is 1.21. The van der Waals surface area contributed by atoms with Gasteiger partial charge in [0, 0.05) is 55.3 Å². The van der Waals surface area contributed by atoms with Crippen molar-refractivity contribution in [3.63, 3.8) is 0 Å². The number of rotatable bonds is 9. The number of carbonyl (C=O) groups is 4. The fraction of sp³-hybridized carbons (Fsp3) is 0.387. The number of ether oxygens (including phenoxy) is 1. The third kappa shape index (κ3) is 5.97. The van der Waals surface area contributed by atoms with Crippen molar-refractivity contribution in [2.75, 3.05) is 39.3 Å². The van der Waals surface area contributed by atoms with Gasteiger partial charge in [-0.2, -0.15) is 0 Å². The third-order valence-corrected chi connectivity index (χ3v) is 7.98. The number of hydrogen-bond donors (Lipinski definition) is 3. The maximum atomic E-state index is 13.1. The summed E-state index contributed by atoms with van der Waals surface area (Å²) in [6, 6.07) is 16.2. The number of aromatic nitrogens is 1. The Morgan fingerprint density at radius 3 is 2.33 bits per heavy atom. The van der Waals surface area contributed by atoms with E-state index in [0.717, 1.165) is 22.2 Å². The summed E-state index contributed by atoms with van der Waals surface area (Å²) in [4.78, 5) is 59.7. The number of aryl methyl sites for hydroxylation is 1. The minimum Gasteiger partial charge on any atom is -0.493 e. The fourth-order valence-electron chi connectivity index (χ4n) is 5.62. The minimum absolute atomic E-state index is 0.282. The molecule has 2 saturated heterocycles. The van der Waals surface area contributed by atoms with Crippen LogP contribution in [0.1, 0.15) is 35.5 Å². The van der Waals surface area contributed by atoms with Crippen molar-refractivity contribution in [2.45, 2.75) is 38.8 Å². The lowest BCUT2D eigenvalue weighted by Crippen LogP contribution is -2.78. The van der Waals surface area contributed by atoms with Crippen molar-refractivity contribution in [1.82, 2.24) is 30.7 Å². The molecule has 5 amide bonds. The Morgan fingerprint density at radius 1 is 1.00 bits per heavy atom. The lowest BCUT2D eigenvalue weighted by molar-refractivity contribution is -0.148. The molecule has 3 heterocycles. The molecule has 2 aliphatic heterocycles. The molecule has 220 valence electrons. The van der Waals surface area contributed by atoms with E-state index in [1.807, 2.05) is 25.1 Å². The molecule has 11 heteroatoms. The molecule has 0 spiro atoms. The maximum absolute atomic E-state index is 13.1. The molecule has 11 nitrogen and oxygen atoms in total. The van der Waals surface area contributed by atoms with Gasteiger partial charge in [0.15, 0.2) is 5.54 Å². The zero-order valence-corrected chi connectivity index (χ0v) is 24.1. The van der Waals surface area contributed by atoms with Gasteiger partial charge in [0.05, 0.1) is 18.7 Å². The summed E-state index contributed by atoms with van der Waals surface area (Å²) in [6.07, 6.45) is 0.701. The van der Waals surface area contributed by atoms with Crippen LogP contribution in [0.15, 0.2) is 54.6 Å². The molecule has 2 fully saturated rings. The highest BCUT2D eigenvalue weighted by molar-refractivity contribution is 6.22. The van der Waals surface area contributed by atoms with Crippen LogP contribution < -0.4 is 20.7 Å². The van der Waals surface area contributed by atoms with Crippen LogP contribution >= 0.6 is 0 Å². The number of carbonyl (C=O) groups excluding carboxylic acids is 4. The van der Waals surface area contributed by atoms with Crippen LogP contribution in [-0.4, -0.2) is 89.4 Å². The van der Waals surface area contributed by atoms with Crippen LogP contribution in [0.5, 0.6) is 5.75 Å². The molecular formula is C31H36N6O5. The summed E-state index contributed by atoms with van der Waals surface area (Å²) in [7, 11) is 0. The molecule has 1 aromatic heterocycles. The average molecular weight is 573 g/mol. The monoisotopic (exact) mass is 572 g/mol. The number of barbiturate groups is 1. The summed E-state index contributed by atoms with van der Waals surface area (Å²) < 4.78 is 5.95. The highest BCUT2D eigenvalue weighted by Crippen LogP contribution is 2.23. The zero-order valence-electron chi connectivity index (χ0n) is 24.1. The van der Waals surface area contributed by atoms with Gasteiger partial charge in [-0.1, -0.05) is 18.2 Å². The Labute approximate surface area is 244 Å². The van der Waals surface area contributed by atoms with E-state index < -0.39 is 29.3 Å². The first-order valence-electron chi connectivity index (χ1n) is 14.2. The number of nitrogens with zero attached hydrogens (tertiary/aromatic N) is 3. The quantitative estimate of drug-likeness (QED) is 0.332. The molecule has 0 unspecified atom stereocenters. The number of fused-ring (bicyclic) bond motifs is 1. The van der Waals surface area contributed by atoms with Crippen LogP contribution in [0.25, 0.3) is 10.9 Å². The van der Waals surface area contributed by atoms with Crippen molar-refractivity contribution in [2.24, 2.45) is 0 Å². The van der Waals surface area contributed by atoms with Gasteiger partial charge in [0.25, 0.3) is 17.7 Å². The molecule has 0 saturated carbocycles. The van der Waals surface area contributed by atoms with Gasteiger partial charge in [-0.15, -0.1) is 0 Å². The number of amides is 5. The molecular weight excluding hydrogens is 536 g/mol. The van der Waals surface area contributed by atoms with E-state index in [9.17, 15) is 19.2 Å². The predicted octanol–water partition coefficient (Wildman–Crippen LogP) is 2.03. The second-order valence-corrected chi connectivity index (χ2v) is 11.0. The average Bonchev–Trinajstić information content (AvgIpc) is 2.97. The second-order valence-electron chi connectivity index (χ2n) is 11.0. The van der Waals surface area contributed by atoms with Gasteiger partial charge >= 0.3 is 6.03 Å². The molecule has 0 aliphatic carbocycles. The molecule has 0 atom stereocenters. The lowest BCUT2D eigenvalue weighted by atomic mass is 9.91. The number of pyridine rings is 1. The Bertz CT molecular complexity index is 1480. The van der Waals surface area contributed by atoms with Crippen molar-refractivity contribution in [3.8, 4) is 5.75 Å². The molecule has 2 aromatic carbocycles. The van der Waals surface area contributed by atoms with E-state index in [-0.39, 0.29) is 6.54 Å². The summed E-state index contributed by atoms with van der Waals surface area (Å²) in [5.41, 5.74) is 1.69. The first-order valence-corrected chi connectivity index (χ1v) is 14.2. The van der Waals surface area contributed by atoms with Crippen LogP contribution in [-0.2, 0) is 16.0 Å². The molecule has 0 radical (unpaired) electrons. The molecule has 0 bridgehead atoms. The standard InChI is InChI=1S/C31H36N6O5/c1-20(2)36-13-15-37(16-14-36)31(28(39)34-30(41)35-29(31)40)19-32-27(38)22-8-10-24(11-9-22)42-17-12-23-18-21(3)33-26-7-5-4-6-25(23)26/h4-11,18,20H,12-17,19H2,1-3H3,(H,32,38)(H2,34,35,39,40,41). The van der Waals surface area contributed by atoms with E-state index in [0.29, 0.717) is 56.6 Å². The largest absolute Gasteiger partial charge is 0.493 e. The number of nitrogens with one attached hydrogen (secondary N) is 3. The van der Waals surface area contributed by atoms with Crippen molar-refractivity contribution < 1.29 is 23.9 Å². The number of benzene rings is 2. The Kier molecular flexibility index (Phi) is 8.51. The molecule has 3 N–H and O–H groups in total. The Hall–Kier alpha value is -4.35. The number of piperazine rings is 1. The zero-order chi connectivity index (χ0) is 29.9. The summed E-state index contributed by atoms with van der Waals surface area (Å²) >= 11 is 0. The number of para-hydroxylation sites is 1. The van der Waals surface area contributed by atoms with E-state index in [2.05, 4.69) is 51.8 Å². The number of hydrogen-bond acceptors (Lipinski definition) is 8. The van der Waals surface area contributed by atoms with E-state index in [1.165, 1.54) is 0 Å². The number of urea groups is 1. The fourth-order valence-corrected chi connectivity index (χ4v) is 5.62. The predicted molar refractivity (Wildman–Crippen MR) is 157 cm³/mol. The van der Waals surface area contributed by atoms with Crippen molar-refractivity contribution in [3.05, 3.63) is 71.4 Å². The molecule has 2 aliphatic rings. The molecule has 3 aromatic rings. The Morgan fingerprint density at radius 2 is 1.67 bits per heavy atom. The number of imide groups is 2. The summed E-state index contributed by atoms with van der Waals surface area (Å²) in [5.74, 6) is -1.31. The topological polar surface area (TPSA) is 133 Å². The maximum Gasteiger partial charge on any atom is 0.328 e. The highest BCUT2D eigenvalue weighted by atomic mass is 16.5. The van der Waals surface area contributed by atoms with Gasteiger partial charge in [-0.25, -0.2) is 4.79 Å². The van der Waals surface area contributed by atoms with Crippen molar-refractivity contribution in [1.29, 1.82) is 0 Å². The van der Waals surface area contributed by atoms with Gasteiger partial charge in [-0.05, 0) is 62.7 Å². The van der Waals surface area contributed by atoms with Crippen LogP contribution in [0.3, 0.4) is 0 Å². The summed E-state index contributed by atoms with van der Waals surface area (Å²) in [5, 5.41) is 8.27. The smallest absolute Gasteiger partial charge is 0.328 e. The van der Waals surface area contributed by atoms with Gasteiger partial charge in [0.1, 0.15) is 5.75 Å².